The Bertz CT molecular complexity index is 864. The predicted octanol–water partition coefficient (Wildman–Crippen LogP) is 1.33. The Hall–Kier alpha value is -2.90. The summed E-state index contributed by atoms with van der Waals surface area (Å²) < 4.78 is 4.72. The van der Waals surface area contributed by atoms with Gasteiger partial charge in [-0.05, 0) is 38.7 Å². The summed E-state index contributed by atoms with van der Waals surface area (Å²) in [7, 11) is 0. The van der Waals surface area contributed by atoms with Crippen LogP contribution in [0.15, 0.2) is 29.1 Å². The molecule has 0 bridgehead atoms. The molecule has 2 unspecified atom stereocenters. The number of benzene rings is 1. The van der Waals surface area contributed by atoms with E-state index in [-0.39, 0.29) is 24.2 Å². The van der Waals surface area contributed by atoms with E-state index in [0.29, 0.717) is 17.6 Å². The van der Waals surface area contributed by atoms with E-state index in [1.807, 2.05) is 18.2 Å². The Morgan fingerprint density at radius 2 is 1.96 bits per heavy atom. The first-order valence-corrected chi connectivity index (χ1v) is 8.80. The van der Waals surface area contributed by atoms with Crippen LogP contribution in [-0.4, -0.2) is 40.8 Å². The smallest absolute Gasteiger partial charge is 0.396 e. The number of aromatic amines is 1. The molecular weight excluding hydrogens is 336 g/mol. The SMILES string of the molecule is CCOC(=O)C(=O)NC1CCCC(Nc2n[nH]c(=O)c3ccccc23)C1. The highest BCUT2D eigenvalue weighted by Crippen LogP contribution is 2.24. The topological polar surface area (TPSA) is 113 Å². The molecule has 138 valence electrons. The number of carbonyl (C=O) groups is 2. The molecule has 1 saturated carbocycles. The van der Waals surface area contributed by atoms with Gasteiger partial charge in [0.2, 0.25) is 0 Å². The van der Waals surface area contributed by atoms with Crippen molar-refractivity contribution in [2.75, 3.05) is 11.9 Å². The molecule has 0 saturated heterocycles. The van der Waals surface area contributed by atoms with Gasteiger partial charge in [-0.2, -0.15) is 5.10 Å². The van der Waals surface area contributed by atoms with E-state index in [0.717, 1.165) is 24.6 Å². The van der Waals surface area contributed by atoms with Gasteiger partial charge in [0.25, 0.3) is 5.56 Å². The Morgan fingerprint density at radius 3 is 2.73 bits per heavy atom. The van der Waals surface area contributed by atoms with Gasteiger partial charge in [-0.25, -0.2) is 9.89 Å². The monoisotopic (exact) mass is 358 g/mol. The molecule has 0 aliphatic heterocycles. The summed E-state index contributed by atoms with van der Waals surface area (Å²) in [6.07, 6.45) is 3.30. The molecule has 0 spiro atoms. The van der Waals surface area contributed by atoms with Crippen LogP contribution in [-0.2, 0) is 14.3 Å². The fourth-order valence-corrected chi connectivity index (χ4v) is 3.31. The van der Waals surface area contributed by atoms with E-state index in [1.54, 1.807) is 13.0 Å². The van der Waals surface area contributed by atoms with Crippen LogP contribution in [0.25, 0.3) is 10.8 Å². The molecule has 1 aromatic heterocycles. The maximum atomic E-state index is 11.9. The second kappa shape index (κ2) is 7.99. The molecule has 1 aliphatic rings. The molecule has 0 radical (unpaired) electrons. The number of fused-ring (bicyclic) bond motifs is 1. The number of H-pyrrole nitrogens is 1. The molecule has 2 atom stereocenters. The van der Waals surface area contributed by atoms with Gasteiger partial charge in [-0.15, -0.1) is 0 Å². The number of nitrogens with zero attached hydrogens (tertiary/aromatic N) is 1. The van der Waals surface area contributed by atoms with E-state index in [9.17, 15) is 14.4 Å². The summed E-state index contributed by atoms with van der Waals surface area (Å²) in [6, 6.07) is 7.25. The molecule has 1 fully saturated rings. The third kappa shape index (κ3) is 4.01. The Morgan fingerprint density at radius 1 is 1.23 bits per heavy atom. The number of anilines is 1. The van der Waals surface area contributed by atoms with Crippen molar-refractivity contribution in [2.24, 2.45) is 0 Å². The molecule has 1 amide bonds. The van der Waals surface area contributed by atoms with Crippen LogP contribution < -0.4 is 16.2 Å². The summed E-state index contributed by atoms with van der Waals surface area (Å²) in [5.41, 5.74) is -0.227. The quantitative estimate of drug-likeness (QED) is 0.561. The van der Waals surface area contributed by atoms with Gasteiger partial charge in [-0.3, -0.25) is 9.59 Å². The van der Waals surface area contributed by atoms with Crippen LogP contribution in [0.1, 0.15) is 32.6 Å². The van der Waals surface area contributed by atoms with Crippen LogP contribution in [0.4, 0.5) is 5.82 Å². The van der Waals surface area contributed by atoms with E-state index < -0.39 is 11.9 Å². The van der Waals surface area contributed by atoms with Crippen molar-refractivity contribution in [3.05, 3.63) is 34.6 Å². The summed E-state index contributed by atoms with van der Waals surface area (Å²) in [4.78, 5) is 35.2. The van der Waals surface area contributed by atoms with E-state index in [2.05, 4.69) is 20.8 Å². The van der Waals surface area contributed by atoms with Gasteiger partial charge in [0, 0.05) is 17.5 Å². The van der Waals surface area contributed by atoms with Crippen LogP contribution in [0.2, 0.25) is 0 Å². The maximum absolute atomic E-state index is 11.9. The largest absolute Gasteiger partial charge is 0.459 e. The molecule has 3 N–H and O–H groups in total. The normalized spacial score (nSPS) is 19.7. The number of nitrogens with one attached hydrogen (secondary N) is 3. The van der Waals surface area contributed by atoms with Crippen molar-refractivity contribution in [3.63, 3.8) is 0 Å². The molecular formula is C18H22N4O4. The molecule has 2 aromatic rings. The van der Waals surface area contributed by atoms with E-state index in [1.165, 1.54) is 0 Å². The number of amides is 1. The summed E-state index contributed by atoms with van der Waals surface area (Å²) in [5, 5.41) is 14.1. The zero-order valence-electron chi connectivity index (χ0n) is 14.6. The maximum Gasteiger partial charge on any atom is 0.396 e. The number of esters is 1. The lowest BCUT2D eigenvalue weighted by Crippen LogP contribution is -2.44. The number of hydrogen-bond acceptors (Lipinski definition) is 6. The van der Waals surface area contributed by atoms with Crippen molar-refractivity contribution < 1.29 is 14.3 Å². The Labute approximate surface area is 150 Å². The zero-order valence-corrected chi connectivity index (χ0v) is 14.6. The third-order valence-electron chi connectivity index (χ3n) is 4.51. The molecule has 3 rings (SSSR count). The summed E-state index contributed by atoms with van der Waals surface area (Å²) >= 11 is 0. The lowest BCUT2D eigenvalue weighted by Gasteiger charge is -2.30. The summed E-state index contributed by atoms with van der Waals surface area (Å²) in [6.45, 7) is 1.83. The zero-order chi connectivity index (χ0) is 18.5. The second-order valence-electron chi connectivity index (χ2n) is 6.35. The lowest BCUT2D eigenvalue weighted by molar-refractivity contribution is -0.155. The minimum atomic E-state index is -0.851. The van der Waals surface area contributed by atoms with Crippen molar-refractivity contribution in [2.45, 2.75) is 44.7 Å². The average Bonchev–Trinajstić information content (AvgIpc) is 2.65. The van der Waals surface area contributed by atoms with Gasteiger partial charge < -0.3 is 15.4 Å². The van der Waals surface area contributed by atoms with Gasteiger partial charge in [0.15, 0.2) is 5.82 Å². The Balaban J connectivity index is 1.68. The third-order valence-corrected chi connectivity index (χ3v) is 4.51. The summed E-state index contributed by atoms with van der Waals surface area (Å²) in [5.74, 6) is -0.941. The lowest BCUT2D eigenvalue weighted by atomic mass is 9.91. The standard InChI is InChI=1S/C18H22N4O4/c1-2-26-18(25)17(24)20-12-7-5-6-11(10-12)19-15-13-8-3-4-9-14(13)16(23)22-21-15/h3-4,8-9,11-12H,2,5-7,10H2,1H3,(H,19,21)(H,20,24)(H,22,23). The van der Waals surface area contributed by atoms with Gasteiger partial charge in [0.1, 0.15) is 0 Å². The van der Waals surface area contributed by atoms with E-state index in [4.69, 9.17) is 4.74 Å². The van der Waals surface area contributed by atoms with Crippen LogP contribution in [0.5, 0.6) is 0 Å². The van der Waals surface area contributed by atoms with Crippen LogP contribution in [0.3, 0.4) is 0 Å². The van der Waals surface area contributed by atoms with E-state index >= 15 is 0 Å². The highest BCUT2D eigenvalue weighted by atomic mass is 16.5. The highest BCUT2D eigenvalue weighted by Gasteiger charge is 2.26. The molecule has 1 aliphatic carbocycles. The number of carbonyl (C=O) groups excluding carboxylic acids is 2. The number of rotatable bonds is 4. The first-order chi connectivity index (χ1) is 12.6. The number of hydrogen-bond donors (Lipinski definition) is 3. The first kappa shape index (κ1) is 17.9. The van der Waals surface area contributed by atoms with Crippen LogP contribution in [0, 0.1) is 0 Å². The minimum Gasteiger partial charge on any atom is -0.459 e. The first-order valence-electron chi connectivity index (χ1n) is 8.80. The van der Waals surface area contributed by atoms with Crippen molar-refractivity contribution in [1.29, 1.82) is 0 Å². The van der Waals surface area contributed by atoms with Crippen molar-refractivity contribution >= 4 is 28.5 Å². The molecule has 1 aromatic carbocycles. The fourth-order valence-electron chi connectivity index (χ4n) is 3.31. The van der Waals surface area contributed by atoms with Crippen LogP contribution >= 0.6 is 0 Å². The average molecular weight is 358 g/mol. The molecule has 8 nitrogen and oxygen atoms in total. The minimum absolute atomic E-state index is 0.0815. The number of aromatic nitrogens is 2. The second-order valence-corrected chi connectivity index (χ2v) is 6.35. The van der Waals surface area contributed by atoms with Gasteiger partial charge >= 0.3 is 11.9 Å². The van der Waals surface area contributed by atoms with Gasteiger partial charge in [-0.1, -0.05) is 18.2 Å². The fraction of sp³-hybridized carbons (Fsp3) is 0.444. The van der Waals surface area contributed by atoms with Crippen molar-refractivity contribution in [1.82, 2.24) is 15.5 Å². The Kier molecular flexibility index (Phi) is 5.50. The molecule has 26 heavy (non-hydrogen) atoms. The van der Waals surface area contributed by atoms with Crippen molar-refractivity contribution in [3.8, 4) is 0 Å². The molecule has 8 heteroatoms. The molecule has 1 heterocycles. The van der Waals surface area contributed by atoms with Gasteiger partial charge in [0.05, 0.1) is 12.0 Å². The number of ether oxygens (including phenoxy) is 1. The predicted molar refractivity (Wildman–Crippen MR) is 96.8 cm³/mol. The highest BCUT2D eigenvalue weighted by molar-refractivity contribution is 6.32.